The molecule has 1 saturated carbocycles. The van der Waals surface area contributed by atoms with Crippen molar-refractivity contribution in [3.8, 4) is 12.3 Å². The van der Waals surface area contributed by atoms with Gasteiger partial charge in [0.1, 0.15) is 0 Å². The average molecular weight is 164 g/mol. The Kier molecular flexibility index (Phi) is 3.87. The number of ketones is 1. The van der Waals surface area contributed by atoms with Crippen molar-refractivity contribution in [2.75, 3.05) is 0 Å². The highest BCUT2D eigenvalue weighted by molar-refractivity contribution is 5.94. The summed E-state index contributed by atoms with van der Waals surface area (Å²) in [5.74, 6) is 2.91. The zero-order chi connectivity index (χ0) is 8.81. The lowest BCUT2D eigenvalue weighted by atomic mass is 9.86. The Balaban J connectivity index is 2.14. The van der Waals surface area contributed by atoms with Crippen LogP contribution in [-0.2, 0) is 4.79 Å². The van der Waals surface area contributed by atoms with Crippen LogP contribution in [0.15, 0.2) is 0 Å². The van der Waals surface area contributed by atoms with Crippen molar-refractivity contribution >= 4 is 5.78 Å². The van der Waals surface area contributed by atoms with Crippen LogP contribution in [-0.4, -0.2) is 5.78 Å². The summed E-state index contributed by atoms with van der Waals surface area (Å²) in [6.07, 6.45) is 13.3. The first-order valence-corrected chi connectivity index (χ1v) is 4.82. The van der Waals surface area contributed by atoms with E-state index >= 15 is 0 Å². The molecule has 0 aromatic rings. The summed E-state index contributed by atoms with van der Waals surface area (Å²) >= 11 is 0. The van der Waals surface area contributed by atoms with Gasteiger partial charge in [0.2, 0.25) is 5.78 Å². The fourth-order valence-corrected chi connectivity index (χ4v) is 1.88. The summed E-state index contributed by atoms with van der Waals surface area (Å²) in [4.78, 5) is 10.8. The van der Waals surface area contributed by atoms with Crippen LogP contribution in [0.4, 0.5) is 0 Å². The van der Waals surface area contributed by atoms with Gasteiger partial charge in [0.15, 0.2) is 0 Å². The predicted octanol–water partition coefficient (Wildman–Crippen LogP) is 2.55. The van der Waals surface area contributed by atoms with E-state index in [9.17, 15) is 4.79 Å². The molecule has 0 N–H and O–H groups in total. The number of rotatable bonds is 3. The molecule has 0 aromatic heterocycles. The molecular formula is C11H16O. The molecule has 1 heteroatoms. The van der Waals surface area contributed by atoms with Crippen LogP contribution in [0.1, 0.15) is 44.9 Å². The zero-order valence-electron chi connectivity index (χ0n) is 7.51. The Labute approximate surface area is 74.5 Å². The highest BCUT2D eigenvalue weighted by Gasteiger charge is 2.13. The van der Waals surface area contributed by atoms with Gasteiger partial charge in [-0.3, -0.25) is 4.79 Å². The number of carbonyl (C=O) groups excluding carboxylic acids is 1. The molecule has 1 rings (SSSR count). The standard InChI is InChI=1S/C11H16O/c1-2-11(12)9-8-10-6-4-3-5-7-10/h1,10H,3-9H2. The van der Waals surface area contributed by atoms with Crippen LogP contribution in [0, 0.1) is 18.3 Å². The molecule has 0 saturated heterocycles. The number of hydrogen-bond acceptors (Lipinski definition) is 1. The first-order valence-electron chi connectivity index (χ1n) is 4.82. The van der Waals surface area contributed by atoms with Crippen LogP contribution < -0.4 is 0 Å². The minimum atomic E-state index is -0.0272. The van der Waals surface area contributed by atoms with E-state index in [0.29, 0.717) is 6.42 Å². The van der Waals surface area contributed by atoms with Gasteiger partial charge in [-0.1, -0.05) is 32.1 Å². The van der Waals surface area contributed by atoms with Crippen LogP contribution in [0.3, 0.4) is 0 Å². The van der Waals surface area contributed by atoms with Crippen molar-refractivity contribution in [2.24, 2.45) is 5.92 Å². The molecular weight excluding hydrogens is 148 g/mol. The van der Waals surface area contributed by atoms with E-state index in [2.05, 4.69) is 5.92 Å². The molecule has 0 aromatic carbocycles. The smallest absolute Gasteiger partial charge is 0.205 e. The van der Waals surface area contributed by atoms with Gasteiger partial charge in [-0.25, -0.2) is 0 Å². The van der Waals surface area contributed by atoms with Gasteiger partial charge >= 0.3 is 0 Å². The molecule has 0 heterocycles. The SMILES string of the molecule is C#CC(=O)CCC1CCCCC1. The van der Waals surface area contributed by atoms with Crippen molar-refractivity contribution in [1.29, 1.82) is 0 Å². The summed E-state index contributed by atoms with van der Waals surface area (Å²) in [5, 5.41) is 0. The van der Waals surface area contributed by atoms with Gasteiger partial charge in [-0.2, -0.15) is 0 Å². The average Bonchev–Trinajstić information content (AvgIpc) is 2.16. The van der Waals surface area contributed by atoms with Crippen molar-refractivity contribution in [1.82, 2.24) is 0 Å². The number of terminal acetylenes is 1. The van der Waals surface area contributed by atoms with Gasteiger partial charge in [0.25, 0.3) is 0 Å². The Morgan fingerprint density at radius 2 is 2.00 bits per heavy atom. The van der Waals surface area contributed by atoms with Crippen molar-refractivity contribution < 1.29 is 4.79 Å². The predicted molar refractivity (Wildman–Crippen MR) is 49.6 cm³/mol. The molecule has 0 atom stereocenters. The number of hydrogen-bond donors (Lipinski definition) is 0. The molecule has 1 aliphatic carbocycles. The maximum atomic E-state index is 10.8. The molecule has 12 heavy (non-hydrogen) atoms. The third-order valence-corrected chi connectivity index (χ3v) is 2.67. The van der Waals surface area contributed by atoms with Gasteiger partial charge in [0.05, 0.1) is 0 Å². The molecule has 1 nitrogen and oxygen atoms in total. The second-order valence-electron chi connectivity index (χ2n) is 3.61. The molecule has 0 aliphatic heterocycles. The van der Waals surface area contributed by atoms with Gasteiger partial charge < -0.3 is 0 Å². The van der Waals surface area contributed by atoms with Crippen molar-refractivity contribution in [2.45, 2.75) is 44.9 Å². The summed E-state index contributed by atoms with van der Waals surface area (Å²) < 4.78 is 0. The first-order chi connectivity index (χ1) is 5.83. The number of carbonyl (C=O) groups is 1. The molecule has 0 spiro atoms. The van der Waals surface area contributed by atoms with E-state index in [1.165, 1.54) is 32.1 Å². The van der Waals surface area contributed by atoms with E-state index in [-0.39, 0.29) is 5.78 Å². The summed E-state index contributed by atoms with van der Waals surface area (Å²) in [6, 6.07) is 0. The molecule has 0 unspecified atom stereocenters. The monoisotopic (exact) mass is 164 g/mol. The third-order valence-electron chi connectivity index (χ3n) is 2.67. The summed E-state index contributed by atoms with van der Waals surface area (Å²) in [6.45, 7) is 0. The van der Waals surface area contributed by atoms with Crippen LogP contribution in [0.25, 0.3) is 0 Å². The lowest BCUT2D eigenvalue weighted by molar-refractivity contribution is -0.114. The number of Topliss-reactive ketones (excluding diaryl/α,β-unsaturated/α-hetero) is 1. The molecule has 0 bridgehead atoms. The summed E-state index contributed by atoms with van der Waals surface area (Å²) in [5.41, 5.74) is 0. The van der Waals surface area contributed by atoms with E-state index in [1.807, 2.05) is 0 Å². The van der Waals surface area contributed by atoms with E-state index in [1.54, 1.807) is 0 Å². The highest BCUT2D eigenvalue weighted by atomic mass is 16.1. The zero-order valence-corrected chi connectivity index (χ0v) is 7.51. The Morgan fingerprint density at radius 1 is 1.33 bits per heavy atom. The van der Waals surface area contributed by atoms with E-state index in [0.717, 1.165) is 12.3 Å². The van der Waals surface area contributed by atoms with Crippen molar-refractivity contribution in [3.05, 3.63) is 0 Å². The Hall–Kier alpha value is -0.770. The topological polar surface area (TPSA) is 17.1 Å². The first kappa shape index (κ1) is 9.32. The van der Waals surface area contributed by atoms with Gasteiger partial charge in [0, 0.05) is 6.42 Å². The fourth-order valence-electron chi connectivity index (χ4n) is 1.88. The maximum Gasteiger partial charge on any atom is 0.205 e. The van der Waals surface area contributed by atoms with Crippen molar-refractivity contribution in [3.63, 3.8) is 0 Å². The fraction of sp³-hybridized carbons (Fsp3) is 0.727. The molecule has 66 valence electrons. The minimum absolute atomic E-state index is 0.0272. The third kappa shape index (κ3) is 3.09. The van der Waals surface area contributed by atoms with Gasteiger partial charge in [-0.05, 0) is 18.3 Å². The second-order valence-corrected chi connectivity index (χ2v) is 3.61. The molecule has 0 amide bonds. The quantitative estimate of drug-likeness (QED) is 0.463. The minimum Gasteiger partial charge on any atom is -0.285 e. The lowest BCUT2D eigenvalue weighted by Gasteiger charge is -2.20. The maximum absolute atomic E-state index is 10.8. The summed E-state index contributed by atoms with van der Waals surface area (Å²) in [7, 11) is 0. The highest BCUT2D eigenvalue weighted by Crippen LogP contribution is 2.27. The van der Waals surface area contributed by atoms with Gasteiger partial charge in [-0.15, -0.1) is 6.42 Å². The van der Waals surface area contributed by atoms with Crippen LogP contribution >= 0.6 is 0 Å². The molecule has 0 radical (unpaired) electrons. The van der Waals surface area contributed by atoms with Crippen LogP contribution in [0.5, 0.6) is 0 Å². The largest absolute Gasteiger partial charge is 0.285 e. The molecule has 1 aliphatic rings. The Bertz CT molecular complexity index is 182. The van der Waals surface area contributed by atoms with E-state index in [4.69, 9.17) is 6.42 Å². The molecule has 1 fully saturated rings. The lowest BCUT2D eigenvalue weighted by Crippen LogP contribution is -2.07. The van der Waals surface area contributed by atoms with E-state index < -0.39 is 0 Å². The Morgan fingerprint density at radius 3 is 2.58 bits per heavy atom. The van der Waals surface area contributed by atoms with Crippen LogP contribution in [0.2, 0.25) is 0 Å². The second kappa shape index (κ2) is 4.98. The normalized spacial score (nSPS) is 18.6.